The second kappa shape index (κ2) is 5.41. The Bertz CT molecular complexity index is 749. The van der Waals surface area contributed by atoms with Crippen LogP contribution in [0.1, 0.15) is 0 Å². The number of hydrogen-bond donors (Lipinski definition) is 0. The molecule has 0 unspecified atom stereocenters. The molecule has 0 atom stereocenters. The molecule has 1 aliphatic rings. The van der Waals surface area contributed by atoms with E-state index in [0.29, 0.717) is 42.0 Å². The first kappa shape index (κ1) is 15.1. The lowest BCUT2D eigenvalue weighted by molar-refractivity contribution is 0.358. The molecule has 3 rings (SSSR count). The van der Waals surface area contributed by atoms with E-state index >= 15 is 0 Å². The third kappa shape index (κ3) is 2.31. The molecule has 0 aliphatic carbocycles. The van der Waals surface area contributed by atoms with Gasteiger partial charge in [0.2, 0.25) is 0 Å². The van der Waals surface area contributed by atoms with Crippen LogP contribution >= 0.6 is 78.3 Å². The van der Waals surface area contributed by atoms with Crippen molar-refractivity contribution in [2.24, 2.45) is 0 Å². The Morgan fingerprint density at radius 1 is 0.700 bits per heavy atom. The van der Waals surface area contributed by atoms with Gasteiger partial charge in [0.1, 0.15) is 10.0 Å². The van der Waals surface area contributed by atoms with E-state index in [-0.39, 0.29) is 10.0 Å². The van der Waals surface area contributed by atoms with Crippen LogP contribution in [0, 0.1) is 0 Å². The van der Waals surface area contributed by atoms with Crippen molar-refractivity contribution in [2.45, 2.75) is 0 Å². The lowest BCUT2D eigenvalue weighted by atomic mass is 10.2. The second-order valence-corrected chi connectivity index (χ2v) is 7.08. The molecule has 0 saturated heterocycles. The fourth-order valence-electron chi connectivity index (χ4n) is 1.68. The normalized spacial score (nSPS) is 12.3. The van der Waals surface area contributed by atoms with Gasteiger partial charge in [-0.3, -0.25) is 0 Å². The summed E-state index contributed by atoms with van der Waals surface area (Å²) in [4.78, 5) is 0. The van der Waals surface area contributed by atoms with Crippen LogP contribution in [-0.4, -0.2) is 0 Å². The third-order valence-electron chi connectivity index (χ3n) is 2.59. The Morgan fingerprint density at radius 2 is 1.40 bits per heavy atom. The summed E-state index contributed by atoms with van der Waals surface area (Å²) in [6.07, 6.45) is 0. The van der Waals surface area contributed by atoms with E-state index in [1.54, 1.807) is 12.1 Å². The van der Waals surface area contributed by atoms with Gasteiger partial charge in [0.25, 0.3) is 0 Å². The maximum atomic E-state index is 6.17. The quantitative estimate of drug-likeness (QED) is 0.243. The van der Waals surface area contributed by atoms with E-state index in [0.717, 1.165) is 0 Å². The second-order valence-electron chi connectivity index (χ2n) is 3.83. The van der Waals surface area contributed by atoms with Gasteiger partial charge in [0, 0.05) is 10.5 Å². The van der Waals surface area contributed by atoms with Crippen LogP contribution < -0.4 is 9.47 Å². The molecular weight excluding hydrogens is 478 g/mol. The maximum Gasteiger partial charge on any atom is 0.191 e. The Kier molecular flexibility index (Phi) is 4.08. The van der Waals surface area contributed by atoms with Crippen molar-refractivity contribution in [1.82, 2.24) is 0 Å². The number of hydrogen-bond acceptors (Lipinski definition) is 2. The topological polar surface area (TPSA) is 18.5 Å². The van der Waals surface area contributed by atoms with E-state index in [9.17, 15) is 0 Å². The monoisotopic (exact) mass is 476 g/mol. The number of ether oxygens (including phenoxy) is 2. The van der Waals surface area contributed by atoms with Crippen molar-refractivity contribution in [3.05, 3.63) is 41.2 Å². The molecule has 0 radical (unpaired) electrons. The van der Waals surface area contributed by atoms with Crippen molar-refractivity contribution < 1.29 is 9.47 Å². The highest BCUT2D eigenvalue weighted by molar-refractivity contribution is 9.10. The number of fused-ring (bicyclic) bond motifs is 2. The molecule has 0 bridgehead atoms. The van der Waals surface area contributed by atoms with Crippen LogP contribution in [0.25, 0.3) is 0 Å². The smallest absolute Gasteiger partial charge is 0.191 e. The van der Waals surface area contributed by atoms with Crippen LogP contribution in [0.5, 0.6) is 23.0 Å². The van der Waals surface area contributed by atoms with Gasteiger partial charge in [-0.25, -0.2) is 0 Å². The molecule has 0 fully saturated rings. The number of rotatable bonds is 0. The van der Waals surface area contributed by atoms with E-state index in [1.807, 2.05) is 0 Å². The molecule has 0 saturated carbocycles. The summed E-state index contributed by atoms with van der Waals surface area (Å²) in [6, 6.07) is 3.27. The van der Waals surface area contributed by atoms with Gasteiger partial charge in [0.15, 0.2) is 23.0 Å². The lowest BCUT2D eigenvalue weighted by Gasteiger charge is -2.24. The Morgan fingerprint density at radius 3 is 2.10 bits per heavy atom. The third-order valence-corrected chi connectivity index (χ3v) is 5.65. The first-order chi connectivity index (χ1) is 9.40. The van der Waals surface area contributed by atoms with Crippen LogP contribution in [0.2, 0.25) is 20.1 Å². The van der Waals surface area contributed by atoms with Gasteiger partial charge in [-0.2, -0.15) is 0 Å². The van der Waals surface area contributed by atoms with Crippen LogP contribution in [0.3, 0.4) is 0 Å². The average molecular weight is 480 g/mol. The van der Waals surface area contributed by atoms with E-state index in [2.05, 4.69) is 31.9 Å². The standard InChI is InChI=1S/C12H2Br2Cl4O2/c13-3-2-6-11(9(18)7(3)16)20-10-4(14)1-5(15)8(17)12(10)19-6/h1-2H. The van der Waals surface area contributed by atoms with E-state index in [4.69, 9.17) is 55.9 Å². The van der Waals surface area contributed by atoms with Crippen molar-refractivity contribution in [3.8, 4) is 23.0 Å². The van der Waals surface area contributed by atoms with Crippen LogP contribution in [0.15, 0.2) is 21.1 Å². The lowest BCUT2D eigenvalue weighted by Crippen LogP contribution is -2.01. The van der Waals surface area contributed by atoms with E-state index < -0.39 is 0 Å². The summed E-state index contributed by atoms with van der Waals surface area (Å²) in [5.41, 5.74) is 0. The molecule has 2 aromatic carbocycles. The molecule has 104 valence electrons. The summed E-state index contributed by atoms with van der Waals surface area (Å²) in [6.45, 7) is 0. The molecule has 0 spiro atoms. The SMILES string of the molecule is Clc1cc(Br)c2c(c1Cl)Oc1cc(Br)c(Cl)c(Cl)c1O2. The number of halogens is 6. The largest absolute Gasteiger partial charge is 0.448 e. The molecule has 8 heteroatoms. The predicted octanol–water partition coefficient (Wildman–Crippen LogP) is 7.72. The Balaban J connectivity index is 2.24. The molecule has 1 aliphatic heterocycles. The van der Waals surface area contributed by atoms with Gasteiger partial charge in [-0.15, -0.1) is 0 Å². The molecule has 0 aromatic heterocycles. The maximum absolute atomic E-state index is 6.17. The molecule has 0 N–H and O–H groups in total. The number of benzene rings is 2. The Hall–Kier alpha value is 0.160. The summed E-state index contributed by atoms with van der Waals surface area (Å²) in [5.74, 6) is 1.44. The molecule has 2 aromatic rings. The van der Waals surface area contributed by atoms with Crippen molar-refractivity contribution in [1.29, 1.82) is 0 Å². The minimum atomic E-state index is 0.250. The summed E-state index contributed by atoms with van der Waals surface area (Å²) in [7, 11) is 0. The van der Waals surface area contributed by atoms with Gasteiger partial charge < -0.3 is 9.47 Å². The van der Waals surface area contributed by atoms with Gasteiger partial charge in [-0.05, 0) is 37.9 Å². The predicted molar refractivity (Wildman–Crippen MR) is 88.5 cm³/mol. The molecular formula is C12H2Br2Cl4O2. The summed E-state index contributed by atoms with van der Waals surface area (Å²) in [5, 5.41) is 1.20. The Labute approximate surface area is 151 Å². The van der Waals surface area contributed by atoms with Crippen LogP contribution in [-0.2, 0) is 0 Å². The van der Waals surface area contributed by atoms with Gasteiger partial charge in [0.05, 0.1) is 14.5 Å². The molecule has 20 heavy (non-hydrogen) atoms. The zero-order chi connectivity index (χ0) is 14.6. The average Bonchev–Trinajstić information content (AvgIpc) is 2.41. The molecule has 2 nitrogen and oxygen atoms in total. The zero-order valence-electron chi connectivity index (χ0n) is 9.24. The highest BCUT2D eigenvalue weighted by Gasteiger charge is 2.29. The minimum Gasteiger partial charge on any atom is -0.448 e. The van der Waals surface area contributed by atoms with E-state index in [1.165, 1.54) is 0 Å². The highest BCUT2D eigenvalue weighted by atomic mass is 79.9. The van der Waals surface area contributed by atoms with Crippen molar-refractivity contribution in [2.75, 3.05) is 0 Å². The first-order valence-corrected chi connectivity index (χ1v) is 8.20. The minimum absolute atomic E-state index is 0.250. The fourth-order valence-corrected chi connectivity index (χ4v) is 3.57. The molecule has 0 amide bonds. The fraction of sp³-hybridized carbons (Fsp3) is 0. The van der Waals surface area contributed by atoms with Crippen molar-refractivity contribution >= 4 is 78.3 Å². The highest BCUT2D eigenvalue weighted by Crippen LogP contribution is 2.57. The summed E-state index contributed by atoms with van der Waals surface area (Å²) >= 11 is 31.0. The van der Waals surface area contributed by atoms with Gasteiger partial charge in [-0.1, -0.05) is 46.4 Å². The summed E-state index contributed by atoms with van der Waals surface area (Å²) < 4.78 is 12.7. The van der Waals surface area contributed by atoms with Gasteiger partial charge >= 0.3 is 0 Å². The van der Waals surface area contributed by atoms with Crippen LogP contribution in [0.4, 0.5) is 0 Å². The molecule has 1 heterocycles. The first-order valence-electron chi connectivity index (χ1n) is 5.11. The zero-order valence-corrected chi connectivity index (χ0v) is 15.4. The van der Waals surface area contributed by atoms with Crippen molar-refractivity contribution in [3.63, 3.8) is 0 Å².